The van der Waals surface area contributed by atoms with E-state index < -0.39 is 50.8 Å². The molecule has 2 aromatic heterocycles. The van der Waals surface area contributed by atoms with Gasteiger partial charge >= 0.3 is 0 Å². The quantitative estimate of drug-likeness (QED) is 0.192. The van der Waals surface area contributed by atoms with Crippen LogP contribution in [0.25, 0.3) is 22.0 Å². The van der Waals surface area contributed by atoms with Crippen LogP contribution in [0.5, 0.6) is 11.6 Å². The van der Waals surface area contributed by atoms with Crippen LogP contribution in [0.2, 0.25) is 0 Å². The summed E-state index contributed by atoms with van der Waals surface area (Å²) in [7, 11) is -2.27. The number of allylic oxidation sites excluding steroid dienone is 1. The van der Waals surface area contributed by atoms with Gasteiger partial charge < -0.3 is 25.0 Å². The molecule has 4 aromatic rings. The number of ether oxygens (including phenoxy) is 2. The number of hydrogen-bond donors (Lipinski definition) is 3. The maximum atomic E-state index is 14.8. The largest absolute Gasteiger partial charge is 0.497 e. The first-order valence-corrected chi connectivity index (χ1v) is 21.3. The first-order valence-electron chi connectivity index (χ1n) is 18.9. The average Bonchev–Trinajstić information content (AvgIpc) is 4.07. The lowest BCUT2D eigenvalue weighted by molar-refractivity contribution is -0.140. The Bertz CT molecular complexity index is 2230. The van der Waals surface area contributed by atoms with Crippen molar-refractivity contribution in [3.63, 3.8) is 0 Å². The normalized spacial score (nSPS) is 26.5. The van der Waals surface area contributed by atoms with Crippen LogP contribution in [0.3, 0.4) is 0 Å². The van der Waals surface area contributed by atoms with Gasteiger partial charge in [-0.25, -0.2) is 18.4 Å². The number of benzene rings is 2. The second kappa shape index (κ2) is 15.3. The van der Waals surface area contributed by atoms with Crippen molar-refractivity contribution in [2.75, 3.05) is 19.0 Å². The molecule has 1 saturated heterocycles. The van der Waals surface area contributed by atoms with E-state index in [4.69, 9.17) is 14.5 Å². The third kappa shape index (κ3) is 7.90. The summed E-state index contributed by atoms with van der Waals surface area (Å²) < 4.78 is 39.9. The fourth-order valence-corrected chi connectivity index (χ4v) is 9.72. The lowest BCUT2D eigenvalue weighted by Gasteiger charge is -2.29. The molecular weight excluding hydrogens is 741 g/mol. The number of fused-ring (bicyclic) bond motifs is 3. The molecule has 4 heterocycles. The van der Waals surface area contributed by atoms with Crippen molar-refractivity contribution >= 4 is 55.0 Å². The van der Waals surface area contributed by atoms with Crippen molar-refractivity contribution < 1.29 is 32.3 Å². The van der Waals surface area contributed by atoms with E-state index in [0.29, 0.717) is 36.0 Å². The second-order valence-electron chi connectivity index (χ2n) is 14.8. The van der Waals surface area contributed by atoms with Gasteiger partial charge in [0.25, 0.3) is 5.91 Å². The number of hydrogen-bond acceptors (Lipinski definition) is 11. The highest BCUT2D eigenvalue weighted by Crippen LogP contribution is 2.46. The summed E-state index contributed by atoms with van der Waals surface area (Å²) in [6, 6.07) is 15.5. The van der Waals surface area contributed by atoms with Gasteiger partial charge in [-0.3, -0.25) is 19.1 Å². The van der Waals surface area contributed by atoms with Gasteiger partial charge in [-0.15, -0.1) is 11.3 Å². The van der Waals surface area contributed by atoms with E-state index in [1.807, 2.05) is 72.1 Å². The van der Waals surface area contributed by atoms with Crippen LogP contribution in [-0.2, 0) is 24.4 Å². The molecule has 3 fully saturated rings. The van der Waals surface area contributed by atoms with Gasteiger partial charge in [0.05, 0.1) is 24.6 Å². The highest BCUT2D eigenvalue weighted by Gasteiger charge is 2.62. The van der Waals surface area contributed by atoms with Crippen LogP contribution in [-0.4, -0.2) is 83.6 Å². The lowest BCUT2D eigenvalue weighted by Crippen LogP contribution is -2.57. The van der Waals surface area contributed by atoms with Crippen molar-refractivity contribution in [3.8, 4) is 22.9 Å². The predicted octanol–water partition coefficient (Wildman–Crippen LogP) is 5.20. The number of thiazole rings is 1. The Morgan fingerprint density at radius 3 is 2.69 bits per heavy atom. The molecular formula is C40H44N6O7S2. The first-order chi connectivity index (χ1) is 26.6. The molecule has 0 unspecified atom stereocenters. The Labute approximate surface area is 324 Å². The minimum Gasteiger partial charge on any atom is -0.497 e. The fraction of sp³-hybridized carbons (Fsp3) is 0.425. The summed E-state index contributed by atoms with van der Waals surface area (Å²) in [5, 5.41) is 9.89. The van der Waals surface area contributed by atoms with E-state index in [-0.39, 0.29) is 31.2 Å². The average molecular weight is 785 g/mol. The van der Waals surface area contributed by atoms with E-state index in [9.17, 15) is 22.8 Å². The van der Waals surface area contributed by atoms with E-state index in [1.165, 1.54) is 16.2 Å². The first kappa shape index (κ1) is 36.9. The van der Waals surface area contributed by atoms with Crippen LogP contribution < -0.4 is 24.8 Å². The van der Waals surface area contributed by atoms with E-state index in [0.717, 1.165) is 47.7 Å². The van der Waals surface area contributed by atoms with Gasteiger partial charge in [-0.05, 0) is 68.2 Å². The second-order valence-corrected chi connectivity index (χ2v) is 17.6. The molecule has 3 amide bonds. The van der Waals surface area contributed by atoms with Crippen LogP contribution in [0.15, 0.2) is 78.3 Å². The summed E-state index contributed by atoms with van der Waals surface area (Å²) in [6.07, 6.45) is 10.1. The minimum absolute atomic E-state index is 0.0923. The summed E-state index contributed by atoms with van der Waals surface area (Å²) in [6.45, 7) is 0.0923. The molecule has 2 aliphatic heterocycles. The highest BCUT2D eigenvalue weighted by atomic mass is 32.2. The lowest BCUT2D eigenvalue weighted by atomic mass is 10.1. The molecule has 0 radical (unpaired) electrons. The van der Waals surface area contributed by atoms with Crippen LogP contribution >= 0.6 is 11.3 Å². The third-order valence-corrected chi connectivity index (χ3v) is 13.5. The monoisotopic (exact) mass is 784 g/mol. The molecule has 2 aromatic carbocycles. The number of carbonyl (C=O) groups excluding carboxylic acids is 3. The molecule has 2 aliphatic carbocycles. The smallest absolute Gasteiger partial charge is 0.259 e. The number of nitrogens with one attached hydrogen (secondary N) is 3. The Balaban J connectivity index is 1.10. The molecule has 288 valence electrons. The van der Waals surface area contributed by atoms with E-state index in [1.54, 1.807) is 13.3 Å². The van der Waals surface area contributed by atoms with Crippen molar-refractivity contribution in [2.45, 2.75) is 86.8 Å². The van der Waals surface area contributed by atoms with Crippen molar-refractivity contribution in [1.29, 1.82) is 0 Å². The summed E-state index contributed by atoms with van der Waals surface area (Å²) in [5.74, 6) is -0.913. The molecule has 15 heteroatoms. The van der Waals surface area contributed by atoms with Crippen LogP contribution in [0.1, 0.15) is 57.8 Å². The fourth-order valence-electron chi connectivity index (χ4n) is 7.58. The molecule has 13 nitrogen and oxygen atoms in total. The summed E-state index contributed by atoms with van der Waals surface area (Å²) in [5.41, 5.74) is 0.306. The molecule has 4 aliphatic rings. The number of amides is 3. The van der Waals surface area contributed by atoms with E-state index >= 15 is 0 Å². The number of rotatable bonds is 9. The molecule has 5 atom stereocenters. The number of anilines is 1. The zero-order chi connectivity index (χ0) is 38.2. The van der Waals surface area contributed by atoms with Gasteiger partial charge in [0.1, 0.15) is 29.5 Å². The molecule has 0 bridgehead atoms. The van der Waals surface area contributed by atoms with Gasteiger partial charge in [0.15, 0.2) is 5.13 Å². The maximum absolute atomic E-state index is 14.8. The minimum atomic E-state index is -3.86. The number of pyridine rings is 1. The molecule has 3 N–H and O–H groups in total. The van der Waals surface area contributed by atoms with Crippen LogP contribution in [0, 0.1) is 5.92 Å². The molecule has 55 heavy (non-hydrogen) atoms. The number of carbonyl (C=O) groups is 3. The number of methoxy groups -OCH3 is 1. The third-order valence-electron chi connectivity index (χ3n) is 10.9. The summed E-state index contributed by atoms with van der Waals surface area (Å²) >= 11 is 1.41. The number of nitrogens with zero attached hydrogens (tertiary/aromatic N) is 3. The predicted molar refractivity (Wildman–Crippen MR) is 209 cm³/mol. The molecule has 2 saturated carbocycles. The molecule has 8 rings (SSSR count). The van der Waals surface area contributed by atoms with Crippen molar-refractivity contribution in [3.05, 3.63) is 78.3 Å². The zero-order valence-corrected chi connectivity index (χ0v) is 32.1. The van der Waals surface area contributed by atoms with Crippen molar-refractivity contribution in [1.82, 2.24) is 24.9 Å². The standard InChI is InChI=1S/C40H44N6O7S2/c1-52-28-14-17-31-26(20-28)18-19-41-36(31)53-29-21-34-35(47)44-40(38(49)45-55(50,51)30-15-16-30)22-27(40)12-8-3-2-4-9-13-32(37(48)46(34)23-29)42-39-43-33(24-54-39)25-10-6-5-7-11-25/h5-8,10-12,14,17-20,24,27,29-30,32,34H,2-4,9,13,15-16,21-23H2,1H3,(H,42,43)(H,44,47)(H,45,49)/b12-8-/t27-,29-,32+,34+,40+/m1/s1. The summed E-state index contributed by atoms with van der Waals surface area (Å²) in [4.78, 5) is 53.8. The highest BCUT2D eigenvalue weighted by molar-refractivity contribution is 7.91. The van der Waals surface area contributed by atoms with Crippen molar-refractivity contribution in [2.24, 2.45) is 5.92 Å². The Hall–Kier alpha value is -5.02. The Morgan fingerprint density at radius 1 is 1.05 bits per heavy atom. The van der Waals surface area contributed by atoms with E-state index in [2.05, 4.69) is 20.3 Å². The zero-order valence-electron chi connectivity index (χ0n) is 30.5. The van der Waals surface area contributed by atoms with Gasteiger partial charge in [0.2, 0.25) is 27.7 Å². The van der Waals surface area contributed by atoms with Gasteiger partial charge in [-0.1, -0.05) is 55.3 Å². The van der Waals surface area contributed by atoms with Crippen LogP contribution in [0.4, 0.5) is 5.13 Å². The van der Waals surface area contributed by atoms with Gasteiger partial charge in [0, 0.05) is 34.9 Å². The Kier molecular flexibility index (Phi) is 10.2. The Morgan fingerprint density at radius 2 is 1.89 bits per heavy atom. The SMILES string of the molecule is COc1ccc2c(O[C@@H]3C[C@H]4C(=O)N[C@@]5(C(=O)NS(=O)(=O)C6CC6)C[C@H]5/C=C\CCCCC[C@H](Nc5nc(-c6ccccc6)cs5)C(=O)N4C3)nccc2c1. The number of sulfonamides is 1. The topological polar surface area (TPSA) is 169 Å². The number of aromatic nitrogens is 2. The van der Waals surface area contributed by atoms with Gasteiger partial charge in [-0.2, -0.15) is 0 Å². The maximum Gasteiger partial charge on any atom is 0.259 e. The molecule has 0 spiro atoms.